The van der Waals surface area contributed by atoms with Crippen LogP contribution in [0.1, 0.15) is 0 Å². The number of rotatable bonds is 2. The zero-order valence-electron chi connectivity index (χ0n) is 2.77. The molecule has 0 heterocycles. The first-order chi connectivity index (χ1) is 2.41. The summed E-state index contributed by atoms with van der Waals surface area (Å²) in [7, 11) is 0. The van der Waals surface area contributed by atoms with Gasteiger partial charge in [0, 0.05) is 0 Å². The summed E-state index contributed by atoms with van der Waals surface area (Å²) >= 11 is -0.993. The maximum absolute atomic E-state index is 9.49. The predicted octanol–water partition coefficient (Wildman–Crippen LogP) is -0.553. The molecule has 0 unspecified atom stereocenters. The van der Waals surface area contributed by atoms with Crippen LogP contribution in [0.2, 0.25) is 5.25 Å². The Balaban J connectivity index is 2.40. The van der Waals surface area contributed by atoms with Gasteiger partial charge in [-0.1, -0.05) is 0 Å². The molecule has 0 fully saturated rings. The summed E-state index contributed by atoms with van der Waals surface area (Å²) in [6.45, 7) is 0.0868. The Morgan fingerprint density at radius 3 is 2.40 bits per heavy atom. The van der Waals surface area contributed by atoms with Crippen molar-refractivity contribution in [1.82, 2.24) is 0 Å². The fourth-order valence-electron chi connectivity index (χ4n) is 0.0456. The topological polar surface area (TPSA) is 37.3 Å². The minimum atomic E-state index is -0.993. The molecule has 5 heavy (non-hydrogen) atoms. The van der Waals surface area contributed by atoms with Gasteiger partial charge in [-0.3, -0.25) is 0 Å². The fraction of sp³-hybridized carbons (Fsp3) is 1.00. The van der Waals surface area contributed by atoms with Crippen LogP contribution in [-0.2, 0) is 3.78 Å². The minimum absolute atomic E-state index is 0.0868. The van der Waals surface area contributed by atoms with E-state index in [9.17, 15) is 3.78 Å². The van der Waals surface area contributed by atoms with Crippen molar-refractivity contribution in [3.8, 4) is 0 Å². The van der Waals surface area contributed by atoms with Gasteiger partial charge in [0.25, 0.3) is 0 Å². The van der Waals surface area contributed by atoms with Crippen molar-refractivity contribution in [2.24, 2.45) is 0 Å². The third-order valence-electron chi connectivity index (χ3n) is 0.214. The Morgan fingerprint density at radius 1 is 1.80 bits per heavy atom. The van der Waals surface area contributed by atoms with E-state index in [4.69, 9.17) is 5.11 Å². The molecule has 1 N–H and O–H groups in total. The van der Waals surface area contributed by atoms with E-state index in [1.165, 1.54) is 0 Å². The molecule has 0 aromatic carbocycles. The number of hydrogen-bond donors (Lipinski definition) is 1. The normalized spacial score (nSPS) is 7.40. The van der Waals surface area contributed by atoms with Gasteiger partial charge < -0.3 is 0 Å². The Kier molecular flexibility index (Phi) is 4.56. The summed E-state index contributed by atoms with van der Waals surface area (Å²) < 4.78 is 9.49. The van der Waals surface area contributed by atoms with Crippen LogP contribution in [0.15, 0.2) is 0 Å². The molecule has 0 bridgehead atoms. The molecule has 0 rings (SSSR count). The van der Waals surface area contributed by atoms with Crippen molar-refractivity contribution in [3.63, 3.8) is 0 Å². The van der Waals surface area contributed by atoms with E-state index in [1.807, 2.05) is 0 Å². The van der Waals surface area contributed by atoms with E-state index in [0.717, 1.165) is 0 Å². The second-order valence-electron chi connectivity index (χ2n) is 0.618. The zero-order chi connectivity index (χ0) is 4.12. The van der Waals surface area contributed by atoms with E-state index in [2.05, 4.69) is 0 Å². The molecule has 0 saturated heterocycles. The van der Waals surface area contributed by atoms with Crippen LogP contribution in [0.4, 0.5) is 0 Å². The maximum atomic E-state index is 9.49. The SMILES string of the molecule is [O]=[Ge][CH2]CO. The van der Waals surface area contributed by atoms with Crippen molar-refractivity contribution in [3.05, 3.63) is 0 Å². The van der Waals surface area contributed by atoms with Crippen molar-refractivity contribution in [2.75, 3.05) is 6.61 Å². The molecule has 29 valence electrons. The summed E-state index contributed by atoms with van der Waals surface area (Å²) in [5.41, 5.74) is 0. The van der Waals surface area contributed by atoms with Crippen LogP contribution in [0, 0.1) is 0 Å². The van der Waals surface area contributed by atoms with E-state index >= 15 is 0 Å². The number of aliphatic hydroxyl groups excluding tert-OH is 1. The first-order valence-electron chi connectivity index (χ1n) is 1.37. The van der Waals surface area contributed by atoms with Gasteiger partial charge in [-0.15, -0.1) is 0 Å². The quantitative estimate of drug-likeness (QED) is 0.514. The molecule has 0 saturated carbocycles. The molecular weight excluding hydrogens is 129 g/mol. The molecule has 3 heteroatoms. The molecular formula is C2H5GeO2. The molecule has 0 aliphatic carbocycles. The summed E-state index contributed by atoms with van der Waals surface area (Å²) in [6, 6.07) is 0. The molecule has 0 atom stereocenters. The average Bonchev–Trinajstić information content (AvgIpc) is 1.41. The molecule has 1 radical (unpaired) electrons. The first kappa shape index (κ1) is 5.30. The van der Waals surface area contributed by atoms with Gasteiger partial charge in [0.2, 0.25) is 0 Å². The monoisotopic (exact) mass is 135 g/mol. The van der Waals surface area contributed by atoms with Gasteiger partial charge in [-0.25, -0.2) is 0 Å². The molecule has 0 spiro atoms. The molecule has 0 amide bonds. The van der Waals surface area contributed by atoms with Crippen molar-refractivity contribution < 1.29 is 8.88 Å². The molecule has 0 aliphatic rings. The fourth-order valence-corrected chi connectivity index (χ4v) is 0.237. The predicted molar refractivity (Wildman–Crippen MR) is 18.3 cm³/mol. The van der Waals surface area contributed by atoms with E-state index in [-0.39, 0.29) is 6.61 Å². The van der Waals surface area contributed by atoms with Gasteiger partial charge in [-0.2, -0.15) is 0 Å². The van der Waals surface area contributed by atoms with E-state index in [1.54, 1.807) is 0 Å². The van der Waals surface area contributed by atoms with Gasteiger partial charge in [0.05, 0.1) is 0 Å². The van der Waals surface area contributed by atoms with Crippen molar-refractivity contribution in [2.45, 2.75) is 5.25 Å². The van der Waals surface area contributed by atoms with Crippen LogP contribution in [0.3, 0.4) is 0 Å². The second kappa shape index (κ2) is 4.30. The third kappa shape index (κ3) is 4.30. The van der Waals surface area contributed by atoms with Gasteiger partial charge in [0.15, 0.2) is 0 Å². The zero-order valence-corrected chi connectivity index (χ0v) is 4.87. The van der Waals surface area contributed by atoms with Crippen molar-refractivity contribution >= 4 is 15.4 Å². The van der Waals surface area contributed by atoms with Crippen LogP contribution in [0.5, 0.6) is 0 Å². The van der Waals surface area contributed by atoms with Crippen LogP contribution in [-0.4, -0.2) is 27.1 Å². The van der Waals surface area contributed by atoms with Gasteiger partial charge in [-0.05, 0) is 0 Å². The molecule has 0 aromatic heterocycles. The Hall–Kier alpha value is 0.303. The van der Waals surface area contributed by atoms with Crippen molar-refractivity contribution in [1.29, 1.82) is 0 Å². The third-order valence-corrected chi connectivity index (χ3v) is 1.11. The van der Waals surface area contributed by atoms with E-state index < -0.39 is 15.4 Å². The second-order valence-corrected chi connectivity index (χ2v) is 2.27. The van der Waals surface area contributed by atoms with Crippen LogP contribution in [0.25, 0.3) is 0 Å². The molecule has 0 aliphatic heterocycles. The van der Waals surface area contributed by atoms with E-state index in [0.29, 0.717) is 5.25 Å². The summed E-state index contributed by atoms with van der Waals surface area (Å²) in [5, 5.41) is 8.41. The first-order valence-corrected chi connectivity index (χ1v) is 3.71. The van der Waals surface area contributed by atoms with Gasteiger partial charge in [0.1, 0.15) is 0 Å². The Bertz CT molecular complexity index is 28.8. The molecule has 2 nitrogen and oxygen atoms in total. The molecule has 0 aromatic rings. The number of hydrogen-bond acceptors (Lipinski definition) is 2. The van der Waals surface area contributed by atoms with Crippen LogP contribution < -0.4 is 0 Å². The van der Waals surface area contributed by atoms with Gasteiger partial charge >= 0.3 is 36.1 Å². The average molecular weight is 134 g/mol. The Labute approximate surface area is 36.9 Å². The number of aliphatic hydroxyl groups is 1. The summed E-state index contributed by atoms with van der Waals surface area (Å²) in [5.74, 6) is 0. The standard InChI is InChI=1S/C2H5GeO2/c4-2-1-3-5/h4H,1-2H2. The Morgan fingerprint density at radius 2 is 2.40 bits per heavy atom. The summed E-state index contributed by atoms with van der Waals surface area (Å²) in [4.78, 5) is 0. The summed E-state index contributed by atoms with van der Waals surface area (Å²) in [6.07, 6.45) is 0. The van der Waals surface area contributed by atoms with Crippen LogP contribution >= 0.6 is 0 Å².